The number of nitrogens with zero attached hydrogens (tertiary/aromatic N) is 2. The number of para-hydroxylation sites is 5. The Hall–Kier alpha value is -7.82. The van der Waals surface area contributed by atoms with Gasteiger partial charge >= 0.3 is 0 Å². The van der Waals surface area contributed by atoms with Gasteiger partial charge in [0.2, 0.25) is 0 Å². The van der Waals surface area contributed by atoms with Gasteiger partial charge in [-0.05, 0) is 77.4 Å². The molecule has 0 unspecified atom stereocenters. The monoisotopic (exact) mass is 740 g/mol. The Bertz CT molecular complexity index is 3800. The first-order valence-electron chi connectivity index (χ1n) is 19.8. The normalized spacial score (nSPS) is 12.1. The summed E-state index contributed by atoms with van der Waals surface area (Å²) < 4.78 is 17.7. The molecule has 0 spiro atoms. The highest BCUT2D eigenvalue weighted by atomic mass is 16.3. The number of aromatic nitrogens is 2. The first kappa shape index (κ1) is 31.4. The van der Waals surface area contributed by atoms with Crippen molar-refractivity contribution in [3.8, 4) is 33.6 Å². The van der Waals surface area contributed by atoms with Gasteiger partial charge < -0.3 is 18.0 Å². The van der Waals surface area contributed by atoms with E-state index < -0.39 is 0 Å². The van der Waals surface area contributed by atoms with Gasteiger partial charge in [-0.1, -0.05) is 133 Å². The third kappa shape index (κ3) is 4.34. The predicted octanol–water partition coefficient (Wildman–Crippen LogP) is 15.0. The first-order chi connectivity index (χ1) is 28.8. The molecule has 0 saturated heterocycles. The minimum Gasteiger partial charge on any atom is -0.456 e. The summed E-state index contributed by atoms with van der Waals surface area (Å²) in [4.78, 5) is 0. The van der Waals surface area contributed by atoms with E-state index in [1.165, 1.54) is 43.8 Å². The molecule has 0 saturated carbocycles. The van der Waals surface area contributed by atoms with Crippen LogP contribution in [-0.2, 0) is 0 Å². The highest BCUT2D eigenvalue weighted by Gasteiger charge is 2.23. The zero-order chi connectivity index (χ0) is 37.9. The van der Waals surface area contributed by atoms with E-state index in [4.69, 9.17) is 8.83 Å². The van der Waals surface area contributed by atoms with Gasteiger partial charge in [-0.3, -0.25) is 0 Å². The zero-order valence-corrected chi connectivity index (χ0v) is 31.2. The maximum absolute atomic E-state index is 6.61. The van der Waals surface area contributed by atoms with Crippen LogP contribution in [0.1, 0.15) is 0 Å². The number of benzene rings is 9. The van der Waals surface area contributed by atoms with E-state index in [0.29, 0.717) is 0 Å². The average Bonchev–Trinajstić information content (AvgIpc) is 4.04. The van der Waals surface area contributed by atoms with Crippen molar-refractivity contribution in [2.75, 3.05) is 0 Å². The summed E-state index contributed by atoms with van der Waals surface area (Å²) in [6.45, 7) is 0. The molecule has 4 heteroatoms. The Balaban J connectivity index is 1.14. The van der Waals surface area contributed by atoms with Crippen LogP contribution in [0.25, 0.3) is 121 Å². The molecule has 270 valence electrons. The Kier molecular flexibility index (Phi) is 6.41. The second kappa shape index (κ2) is 11.8. The molecule has 0 fully saturated rings. The number of rotatable bonds is 4. The van der Waals surface area contributed by atoms with E-state index in [-0.39, 0.29) is 0 Å². The molecule has 0 aliphatic carbocycles. The smallest absolute Gasteiger partial charge is 0.159 e. The van der Waals surface area contributed by atoms with Crippen LogP contribution in [0.15, 0.2) is 203 Å². The van der Waals surface area contributed by atoms with Gasteiger partial charge in [-0.2, -0.15) is 0 Å². The SMILES string of the molecule is c1ccc(-c2ccc3c4ccccc4n(-c4ccc5oc6ccccc6c5c4)c3c2-c2ccc3c(c2)c2ccccc2n3-c2cccc3c2oc2ccccc23)cc1. The number of fused-ring (bicyclic) bond motifs is 12. The van der Waals surface area contributed by atoms with E-state index in [9.17, 15) is 0 Å². The van der Waals surface area contributed by atoms with Crippen LogP contribution < -0.4 is 0 Å². The van der Waals surface area contributed by atoms with Crippen molar-refractivity contribution in [2.24, 2.45) is 0 Å². The highest BCUT2D eigenvalue weighted by Crippen LogP contribution is 2.46. The standard InChI is InChI=1S/C54H32N2O2/c1-2-13-33(14-3-1)36-27-28-41-37-15-4-8-20-45(37)55(35-26-30-51-44(32-35)40-18-7-10-23-49(40)57-51)53(41)52(36)34-25-29-47-43(31-34)38-16-5-9-21-46(38)56(47)48-22-12-19-42-39-17-6-11-24-50(39)58-54(42)48/h1-32H. The van der Waals surface area contributed by atoms with Gasteiger partial charge in [0, 0.05) is 54.3 Å². The van der Waals surface area contributed by atoms with Crippen LogP contribution in [0.3, 0.4) is 0 Å². The summed E-state index contributed by atoms with van der Waals surface area (Å²) in [6.07, 6.45) is 0. The molecule has 0 bridgehead atoms. The molecule has 0 N–H and O–H groups in total. The molecule has 0 radical (unpaired) electrons. The van der Waals surface area contributed by atoms with Gasteiger partial charge in [-0.15, -0.1) is 0 Å². The summed E-state index contributed by atoms with van der Waals surface area (Å²) in [5, 5.41) is 9.27. The molecule has 0 atom stereocenters. The van der Waals surface area contributed by atoms with Gasteiger partial charge in [0.05, 0.1) is 27.8 Å². The van der Waals surface area contributed by atoms with E-state index in [1.54, 1.807) is 0 Å². The lowest BCUT2D eigenvalue weighted by molar-refractivity contribution is 0.666. The van der Waals surface area contributed by atoms with Gasteiger partial charge in [0.25, 0.3) is 0 Å². The van der Waals surface area contributed by atoms with Crippen LogP contribution >= 0.6 is 0 Å². The Labute approximate surface area is 332 Å². The summed E-state index contributed by atoms with van der Waals surface area (Å²) in [6, 6.07) is 69.7. The highest BCUT2D eigenvalue weighted by molar-refractivity contribution is 6.19. The van der Waals surface area contributed by atoms with Gasteiger partial charge in [0.1, 0.15) is 16.7 Å². The van der Waals surface area contributed by atoms with E-state index in [1.807, 2.05) is 18.2 Å². The average molecular weight is 741 g/mol. The lowest BCUT2D eigenvalue weighted by Crippen LogP contribution is -1.97. The van der Waals surface area contributed by atoms with E-state index in [2.05, 4.69) is 185 Å². The zero-order valence-electron chi connectivity index (χ0n) is 31.2. The number of hydrogen-bond donors (Lipinski definition) is 0. The molecular formula is C54H32N2O2. The van der Waals surface area contributed by atoms with Crippen LogP contribution in [0, 0.1) is 0 Å². The molecular weight excluding hydrogens is 709 g/mol. The Morgan fingerprint density at radius 3 is 1.76 bits per heavy atom. The fourth-order valence-electron chi connectivity index (χ4n) is 9.63. The summed E-state index contributed by atoms with van der Waals surface area (Å²) in [7, 11) is 0. The Morgan fingerprint density at radius 2 is 0.948 bits per heavy atom. The largest absolute Gasteiger partial charge is 0.456 e. The summed E-state index contributed by atoms with van der Waals surface area (Å²) >= 11 is 0. The topological polar surface area (TPSA) is 36.1 Å². The first-order valence-corrected chi connectivity index (χ1v) is 19.8. The molecule has 9 aromatic carbocycles. The second-order valence-electron chi connectivity index (χ2n) is 15.2. The fraction of sp³-hybridized carbons (Fsp3) is 0. The molecule has 13 aromatic rings. The van der Waals surface area contributed by atoms with Crippen LogP contribution in [-0.4, -0.2) is 9.13 Å². The fourth-order valence-corrected chi connectivity index (χ4v) is 9.63. The Morgan fingerprint density at radius 1 is 0.328 bits per heavy atom. The van der Waals surface area contributed by atoms with Crippen molar-refractivity contribution in [2.45, 2.75) is 0 Å². The number of hydrogen-bond acceptors (Lipinski definition) is 2. The van der Waals surface area contributed by atoms with Crippen molar-refractivity contribution in [3.63, 3.8) is 0 Å². The molecule has 0 amide bonds. The number of furan rings is 2. The molecule has 0 aliphatic heterocycles. The third-order valence-corrected chi connectivity index (χ3v) is 12.1. The van der Waals surface area contributed by atoms with Crippen molar-refractivity contribution < 1.29 is 8.83 Å². The van der Waals surface area contributed by atoms with Crippen molar-refractivity contribution in [1.82, 2.24) is 9.13 Å². The molecule has 4 aromatic heterocycles. The maximum Gasteiger partial charge on any atom is 0.159 e. The summed E-state index contributed by atoms with van der Waals surface area (Å²) in [5.74, 6) is 0. The van der Waals surface area contributed by atoms with E-state index in [0.717, 1.165) is 77.4 Å². The minimum atomic E-state index is 0.885. The lowest BCUT2D eigenvalue weighted by Gasteiger charge is -2.17. The molecule has 4 nitrogen and oxygen atoms in total. The van der Waals surface area contributed by atoms with Gasteiger partial charge in [-0.25, -0.2) is 0 Å². The molecule has 13 rings (SSSR count). The quantitative estimate of drug-likeness (QED) is 0.180. The second-order valence-corrected chi connectivity index (χ2v) is 15.2. The van der Waals surface area contributed by atoms with Crippen molar-refractivity contribution >= 4 is 87.5 Å². The third-order valence-electron chi connectivity index (χ3n) is 12.1. The molecule has 58 heavy (non-hydrogen) atoms. The lowest BCUT2D eigenvalue weighted by atomic mass is 9.91. The van der Waals surface area contributed by atoms with E-state index >= 15 is 0 Å². The predicted molar refractivity (Wildman–Crippen MR) is 241 cm³/mol. The summed E-state index contributed by atoms with van der Waals surface area (Å²) in [5.41, 5.74) is 15.0. The minimum absolute atomic E-state index is 0.885. The maximum atomic E-state index is 6.61. The van der Waals surface area contributed by atoms with Crippen molar-refractivity contribution in [1.29, 1.82) is 0 Å². The van der Waals surface area contributed by atoms with Crippen LogP contribution in [0.4, 0.5) is 0 Å². The van der Waals surface area contributed by atoms with Gasteiger partial charge in [0.15, 0.2) is 5.58 Å². The van der Waals surface area contributed by atoms with Crippen LogP contribution in [0.2, 0.25) is 0 Å². The molecule has 4 heterocycles. The van der Waals surface area contributed by atoms with Crippen LogP contribution in [0.5, 0.6) is 0 Å². The molecule has 0 aliphatic rings. The van der Waals surface area contributed by atoms with Crippen molar-refractivity contribution in [3.05, 3.63) is 194 Å².